The van der Waals surface area contributed by atoms with Gasteiger partial charge in [0.05, 0.1) is 0 Å². The summed E-state index contributed by atoms with van der Waals surface area (Å²) >= 11 is 0. The minimum absolute atomic E-state index is 0.677. The van der Waals surface area contributed by atoms with E-state index in [1.807, 2.05) is 0 Å². The molecule has 0 unspecified atom stereocenters. The third-order valence-corrected chi connectivity index (χ3v) is 0.850. The Morgan fingerprint density at radius 1 is 1.11 bits per heavy atom. The Hall–Kier alpha value is -0.200. The SMILES string of the molecule is NCCNCCNNN. The molecule has 0 aromatic heterocycles. The maximum Gasteiger partial charge on any atom is 0.0238 e. The molecule has 0 aliphatic heterocycles. The van der Waals surface area contributed by atoms with Gasteiger partial charge in [0.2, 0.25) is 0 Å². The quantitative estimate of drug-likeness (QED) is 0.157. The van der Waals surface area contributed by atoms with Crippen molar-refractivity contribution in [2.45, 2.75) is 0 Å². The number of hydrogen-bond acceptors (Lipinski definition) is 5. The first kappa shape index (κ1) is 8.80. The monoisotopic (exact) mass is 133 g/mol. The molecule has 0 saturated carbocycles. The van der Waals surface area contributed by atoms with Crippen LogP contribution >= 0.6 is 0 Å². The van der Waals surface area contributed by atoms with Gasteiger partial charge in [-0.25, -0.2) is 5.43 Å². The highest BCUT2D eigenvalue weighted by atomic mass is 15.5. The summed E-state index contributed by atoms with van der Waals surface area (Å²) < 4.78 is 0. The number of hydrazine groups is 2. The molecule has 7 N–H and O–H groups in total. The smallest absolute Gasteiger partial charge is 0.0238 e. The van der Waals surface area contributed by atoms with Crippen molar-refractivity contribution < 1.29 is 0 Å². The van der Waals surface area contributed by atoms with E-state index in [2.05, 4.69) is 16.3 Å². The Kier molecular flexibility index (Phi) is 7.63. The predicted octanol–water partition coefficient (Wildman–Crippen LogP) is -2.50. The zero-order chi connectivity index (χ0) is 6.95. The first-order chi connectivity index (χ1) is 4.41. The van der Waals surface area contributed by atoms with E-state index in [0.29, 0.717) is 6.54 Å². The molecule has 5 nitrogen and oxygen atoms in total. The van der Waals surface area contributed by atoms with Crippen LogP contribution in [0.3, 0.4) is 0 Å². The van der Waals surface area contributed by atoms with E-state index in [4.69, 9.17) is 11.6 Å². The fraction of sp³-hybridized carbons (Fsp3) is 1.00. The van der Waals surface area contributed by atoms with E-state index in [9.17, 15) is 0 Å². The molecule has 0 aliphatic carbocycles. The van der Waals surface area contributed by atoms with Gasteiger partial charge in [0.15, 0.2) is 0 Å². The second-order valence-electron chi connectivity index (χ2n) is 1.61. The van der Waals surface area contributed by atoms with Crippen LogP contribution in [0.15, 0.2) is 0 Å². The van der Waals surface area contributed by atoms with Gasteiger partial charge in [-0.05, 0) is 0 Å². The first-order valence-electron chi connectivity index (χ1n) is 3.01. The summed E-state index contributed by atoms with van der Waals surface area (Å²) in [5, 5.41) is 3.09. The van der Waals surface area contributed by atoms with Gasteiger partial charge < -0.3 is 11.1 Å². The highest BCUT2D eigenvalue weighted by Crippen LogP contribution is 1.52. The van der Waals surface area contributed by atoms with E-state index in [-0.39, 0.29) is 0 Å². The lowest BCUT2D eigenvalue weighted by Gasteiger charge is -2.02. The van der Waals surface area contributed by atoms with Crippen molar-refractivity contribution >= 4 is 0 Å². The zero-order valence-electron chi connectivity index (χ0n) is 5.48. The second kappa shape index (κ2) is 7.80. The molecule has 0 saturated heterocycles. The Bertz CT molecular complexity index is 42.2. The minimum atomic E-state index is 0.677. The van der Waals surface area contributed by atoms with Crippen LogP contribution in [-0.2, 0) is 0 Å². The summed E-state index contributed by atoms with van der Waals surface area (Å²) in [5.41, 5.74) is 10.3. The summed E-state index contributed by atoms with van der Waals surface area (Å²) in [6.07, 6.45) is 0. The van der Waals surface area contributed by atoms with Gasteiger partial charge in [0.1, 0.15) is 0 Å². The van der Waals surface area contributed by atoms with Gasteiger partial charge in [0, 0.05) is 26.2 Å². The zero-order valence-corrected chi connectivity index (χ0v) is 5.48. The van der Waals surface area contributed by atoms with Crippen molar-refractivity contribution in [3.63, 3.8) is 0 Å². The van der Waals surface area contributed by atoms with E-state index in [0.717, 1.165) is 19.6 Å². The van der Waals surface area contributed by atoms with Gasteiger partial charge in [-0.1, -0.05) is 0 Å². The molecule has 0 aliphatic rings. The van der Waals surface area contributed by atoms with Crippen LogP contribution in [0, 0.1) is 0 Å². The Morgan fingerprint density at radius 3 is 2.44 bits per heavy atom. The summed E-state index contributed by atoms with van der Waals surface area (Å²) in [4.78, 5) is 0. The van der Waals surface area contributed by atoms with Crippen LogP contribution < -0.4 is 27.9 Å². The van der Waals surface area contributed by atoms with Crippen LogP contribution in [0.5, 0.6) is 0 Å². The third kappa shape index (κ3) is 7.80. The molecule has 9 heavy (non-hydrogen) atoms. The molecule has 0 bridgehead atoms. The van der Waals surface area contributed by atoms with Crippen molar-refractivity contribution in [3.8, 4) is 0 Å². The molecule has 0 rings (SSSR count). The fourth-order valence-electron chi connectivity index (χ4n) is 0.450. The van der Waals surface area contributed by atoms with E-state index < -0.39 is 0 Å². The van der Waals surface area contributed by atoms with Crippen molar-refractivity contribution in [3.05, 3.63) is 0 Å². The predicted molar refractivity (Wildman–Crippen MR) is 37.2 cm³/mol. The summed E-state index contributed by atoms with van der Waals surface area (Å²) in [6, 6.07) is 0. The van der Waals surface area contributed by atoms with Crippen LogP contribution in [0.1, 0.15) is 0 Å². The fourth-order valence-corrected chi connectivity index (χ4v) is 0.450. The minimum Gasteiger partial charge on any atom is -0.329 e. The molecule has 0 atom stereocenters. The van der Waals surface area contributed by atoms with Crippen molar-refractivity contribution in [2.75, 3.05) is 26.2 Å². The average molecular weight is 133 g/mol. The summed E-state index contributed by atoms with van der Waals surface area (Å²) in [7, 11) is 0. The normalized spacial score (nSPS) is 10.0. The van der Waals surface area contributed by atoms with Crippen LogP contribution in [0.2, 0.25) is 0 Å². The van der Waals surface area contributed by atoms with Gasteiger partial charge in [-0.2, -0.15) is 5.53 Å². The molecule has 0 radical (unpaired) electrons. The number of nitrogens with one attached hydrogen (secondary N) is 3. The maximum absolute atomic E-state index is 5.22. The highest BCUT2D eigenvalue weighted by molar-refractivity contribution is 4.47. The Balaban J connectivity index is 2.60. The first-order valence-corrected chi connectivity index (χ1v) is 3.01. The molecular weight excluding hydrogens is 118 g/mol. The third-order valence-electron chi connectivity index (χ3n) is 0.850. The van der Waals surface area contributed by atoms with E-state index >= 15 is 0 Å². The largest absolute Gasteiger partial charge is 0.329 e. The summed E-state index contributed by atoms with van der Waals surface area (Å²) in [6.45, 7) is 3.21. The highest BCUT2D eigenvalue weighted by Gasteiger charge is 1.81. The van der Waals surface area contributed by atoms with E-state index in [1.54, 1.807) is 0 Å². The van der Waals surface area contributed by atoms with Gasteiger partial charge in [-0.15, -0.1) is 0 Å². The average Bonchev–Trinajstić information content (AvgIpc) is 1.89. The van der Waals surface area contributed by atoms with Crippen LogP contribution in [0.25, 0.3) is 0 Å². The molecule has 0 spiro atoms. The lowest BCUT2D eigenvalue weighted by Crippen LogP contribution is -2.42. The van der Waals surface area contributed by atoms with Gasteiger partial charge in [-0.3, -0.25) is 5.84 Å². The topological polar surface area (TPSA) is 88.1 Å². The standard InChI is InChI=1S/C4H15N5/c5-1-2-7-3-4-8-9-6/h7-9H,1-6H2. The van der Waals surface area contributed by atoms with Crippen molar-refractivity contribution in [2.24, 2.45) is 11.6 Å². The van der Waals surface area contributed by atoms with Crippen molar-refractivity contribution in [1.82, 2.24) is 16.3 Å². The Labute approximate surface area is 55.1 Å². The molecule has 0 aromatic carbocycles. The second-order valence-corrected chi connectivity index (χ2v) is 1.61. The van der Waals surface area contributed by atoms with Gasteiger partial charge in [0.25, 0.3) is 0 Å². The lowest BCUT2D eigenvalue weighted by molar-refractivity contribution is 0.531. The molecule has 0 fully saturated rings. The summed E-state index contributed by atoms with van der Waals surface area (Å²) in [5.74, 6) is 4.93. The molecule has 0 amide bonds. The Morgan fingerprint density at radius 2 is 1.89 bits per heavy atom. The van der Waals surface area contributed by atoms with Crippen molar-refractivity contribution in [1.29, 1.82) is 0 Å². The molecule has 5 heteroatoms. The number of rotatable bonds is 6. The molecule has 56 valence electrons. The number of nitrogens with two attached hydrogens (primary N) is 2. The molecular formula is C4H15N5. The number of hydrogen-bond donors (Lipinski definition) is 5. The maximum atomic E-state index is 5.22. The van der Waals surface area contributed by atoms with Gasteiger partial charge >= 0.3 is 0 Å². The molecule has 0 heterocycles. The van der Waals surface area contributed by atoms with Crippen LogP contribution in [-0.4, -0.2) is 26.2 Å². The molecule has 0 aromatic rings. The lowest BCUT2D eigenvalue weighted by atomic mass is 10.6. The van der Waals surface area contributed by atoms with E-state index in [1.165, 1.54) is 0 Å². The van der Waals surface area contributed by atoms with Crippen LogP contribution in [0.4, 0.5) is 0 Å².